The average molecular weight is 308 g/mol. The zero-order chi connectivity index (χ0) is 15.0. The van der Waals surface area contributed by atoms with Gasteiger partial charge in [0, 0.05) is 11.8 Å². The van der Waals surface area contributed by atoms with Crippen LogP contribution < -0.4 is 5.69 Å². The van der Waals surface area contributed by atoms with Crippen LogP contribution in [0.1, 0.15) is 25.1 Å². The minimum Gasteiger partial charge on any atom is -0.469 e. The van der Waals surface area contributed by atoms with Gasteiger partial charge in [0.15, 0.2) is 5.65 Å². The molecule has 0 spiro atoms. The molecule has 0 radical (unpaired) electrons. The van der Waals surface area contributed by atoms with E-state index in [-0.39, 0.29) is 17.1 Å². The number of rotatable bonds is 5. The van der Waals surface area contributed by atoms with E-state index in [1.54, 1.807) is 24.8 Å². The first kappa shape index (κ1) is 14.1. The van der Waals surface area contributed by atoms with Crippen molar-refractivity contribution in [2.24, 2.45) is 5.41 Å². The van der Waals surface area contributed by atoms with Crippen LogP contribution >= 0.6 is 11.8 Å². The van der Waals surface area contributed by atoms with Crippen molar-refractivity contribution >= 4 is 23.4 Å². The molecule has 1 aliphatic carbocycles. The zero-order valence-corrected chi connectivity index (χ0v) is 12.7. The first-order valence-corrected chi connectivity index (χ1v) is 7.66. The number of carbonyl (C=O) groups excluding carboxylic acids is 1. The first-order chi connectivity index (χ1) is 10.0. The fourth-order valence-electron chi connectivity index (χ4n) is 2.30. The van der Waals surface area contributed by atoms with Gasteiger partial charge in [0.05, 0.1) is 13.5 Å². The molecule has 2 heterocycles. The highest BCUT2D eigenvalue weighted by atomic mass is 32.2. The van der Waals surface area contributed by atoms with Crippen LogP contribution in [0.4, 0.5) is 0 Å². The maximum Gasteiger partial charge on any atom is 0.349 e. The number of nitrogens with one attached hydrogen (secondary N) is 1. The summed E-state index contributed by atoms with van der Waals surface area (Å²) in [5.74, 6) is 1.26. The number of ether oxygens (including phenoxy) is 1. The van der Waals surface area contributed by atoms with Gasteiger partial charge in [-0.1, -0.05) is 0 Å². The van der Waals surface area contributed by atoms with Crippen molar-refractivity contribution in [1.82, 2.24) is 19.6 Å². The van der Waals surface area contributed by atoms with Gasteiger partial charge in [-0.25, -0.2) is 19.3 Å². The number of aryl methyl sites for hydroxylation is 1. The van der Waals surface area contributed by atoms with E-state index in [9.17, 15) is 9.59 Å². The summed E-state index contributed by atoms with van der Waals surface area (Å²) in [5.41, 5.74) is 0.328. The quantitative estimate of drug-likeness (QED) is 0.506. The van der Waals surface area contributed by atoms with Gasteiger partial charge in [0.2, 0.25) is 0 Å². The average Bonchev–Trinajstić information content (AvgIpc) is 3.12. The van der Waals surface area contributed by atoms with Gasteiger partial charge >= 0.3 is 11.7 Å². The molecule has 0 unspecified atom stereocenters. The Kier molecular flexibility index (Phi) is 3.48. The van der Waals surface area contributed by atoms with Gasteiger partial charge in [-0.15, -0.1) is 11.8 Å². The van der Waals surface area contributed by atoms with Crippen LogP contribution in [0.15, 0.2) is 15.9 Å². The zero-order valence-electron chi connectivity index (χ0n) is 11.9. The molecule has 7 nitrogen and oxygen atoms in total. The minimum absolute atomic E-state index is 0.0463. The van der Waals surface area contributed by atoms with E-state index in [0.717, 1.165) is 23.6 Å². The summed E-state index contributed by atoms with van der Waals surface area (Å²) in [4.78, 5) is 27.4. The van der Waals surface area contributed by atoms with Gasteiger partial charge in [0.25, 0.3) is 0 Å². The number of methoxy groups -OCH3 is 1. The smallest absolute Gasteiger partial charge is 0.349 e. The number of carbonyl (C=O) groups is 1. The summed E-state index contributed by atoms with van der Waals surface area (Å²) in [7, 11) is 1.42. The number of hydrogen-bond acceptors (Lipinski definition) is 6. The summed E-state index contributed by atoms with van der Waals surface area (Å²) in [5, 5.41) is 7.18. The molecule has 2 aromatic rings. The lowest BCUT2D eigenvalue weighted by Gasteiger charge is -2.12. The number of esters is 1. The fraction of sp³-hybridized carbons (Fsp3) is 0.538. The van der Waals surface area contributed by atoms with Gasteiger partial charge < -0.3 is 4.74 Å². The van der Waals surface area contributed by atoms with Gasteiger partial charge in [-0.05, 0) is 25.2 Å². The van der Waals surface area contributed by atoms with E-state index in [1.165, 1.54) is 11.5 Å². The highest BCUT2D eigenvalue weighted by Crippen LogP contribution is 2.52. The maximum absolute atomic E-state index is 11.5. The number of fused-ring (bicyclic) bond motifs is 1. The van der Waals surface area contributed by atoms with Gasteiger partial charge in [0.1, 0.15) is 10.9 Å². The molecule has 112 valence electrons. The number of H-pyrrole nitrogens is 1. The standard InChI is InChI=1S/C13H16N4O3S/c1-8-14-10(5-9-15-16-12(19)17(8)9)21-7-13(3-4-13)6-11(18)20-2/h5H,3-4,6-7H2,1-2H3,(H,16,19). The molecule has 0 aliphatic heterocycles. The van der Waals surface area contributed by atoms with Crippen LogP contribution in [0.25, 0.3) is 5.65 Å². The Labute approximate surface area is 125 Å². The third-order valence-corrected chi connectivity index (χ3v) is 5.04. The van der Waals surface area contributed by atoms with E-state index in [4.69, 9.17) is 4.74 Å². The molecule has 0 atom stereocenters. The second-order valence-electron chi connectivity index (χ2n) is 5.41. The van der Waals surface area contributed by atoms with Crippen LogP contribution in [-0.4, -0.2) is 38.4 Å². The van der Waals surface area contributed by atoms with Crippen molar-refractivity contribution in [2.75, 3.05) is 12.9 Å². The van der Waals surface area contributed by atoms with Crippen molar-refractivity contribution in [1.29, 1.82) is 0 Å². The normalized spacial score (nSPS) is 16.1. The molecule has 0 amide bonds. The molecule has 0 aromatic carbocycles. The Bertz CT molecular complexity index is 747. The van der Waals surface area contributed by atoms with Crippen LogP contribution in [0.2, 0.25) is 0 Å². The second-order valence-corrected chi connectivity index (χ2v) is 6.40. The minimum atomic E-state index is -0.282. The Balaban J connectivity index is 1.74. The summed E-state index contributed by atoms with van der Waals surface area (Å²) < 4.78 is 6.18. The van der Waals surface area contributed by atoms with Crippen LogP contribution in [0, 0.1) is 12.3 Å². The molecule has 1 fully saturated rings. The SMILES string of the molecule is COC(=O)CC1(CSc2cc3n[nH]c(=O)n3c(C)n2)CC1. The Morgan fingerprint density at radius 3 is 3.00 bits per heavy atom. The van der Waals surface area contributed by atoms with Crippen LogP contribution in [0.5, 0.6) is 0 Å². The lowest BCUT2D eigenvalue weighted by atomic mass is 10.1. The van der Waals surface area contributed by atoms with E-state index >= 15 is 0 Å². The van der Waals surface area contributed by atoms with Crippen LogP contribution in [-0.2, 0) is 9.53 Å². The number of aromatic amines is 1. The van der Waals surface area contributed by atoms with Gasteiger partial charge in [-0.3, -0.25) is 4.79 Å². The Morgan fingerprint density at radius 2 is 2.33 bits per heavy atom. The molecule has 3 rings (SSSR count). The lowest BCUT2D eigenvalue weighted by Crippen LogP contribution is -2.14. The van der Waals surface area contributed by atoms with Crippen LogP contribution in [0.3, 0.4) is 0 Å². The van der Waals surface area contributed by atoms with Crippen molar-refractivity contribution in [3.63, 3.8) is 0 Å². The maximum atomic E-state index is 11.5. The molecule has 1 saturated carbocycles. The molecule has 8 heteroatoms. The van der Waals surface area contributed by atoms with E-state index < -0.39 is 0 Å². The third-order valence-electron chi connectivity index (χ3n) is 3.78. The largest absolute Gasteiger partial charge is 0.469 e. The molecule has 21 heavy (non-hydrogen) atoms. The molecule has 2 aromatic heterocycles. The second kappa shape index (κ2) is 5.18. The van der Waals surface area contributed by atoms with E-state index in [1.807, 2.05) is 0 Å². The fourth-order valence-corrected chi connectivity index (χ4v) is 3.53. The van der Waals surface area contributed by atoms with Crippen molar-refractivity contribution in [3.05, 3.63) is 22.4 Å². The molecular weight excluding hydrogens is 292 g/mol. The molecule has 1 aliphatic rings. The molecular formula is C13H16N4O3S. The Morgan fingerprint density at radius 1 is 1.57 bits per heavy atom. The van der Waals surface area contributed by atoms with Crippen molar-refractivity contribution in [3.8, 4) is 0 Å². The highest BCUT2D eigenvalue weighted by Gasteiger charge is 2.44. The summed E-state index contributed by atoms with van der Waals surface area (Å²) in [6.45, 7) is 1.77. The Hall–Kier alpha value is -1.83. The summed E-state index contributed by atoms with van der Waals surface area (Å²) >= 11 is 1.59. The predicted molar refractivity (Wildman–Crippen MR) is 77.4 cm³/mol. The highest BCUT2D eigenvalue weighted by molar-refractivity contribution is 7.99. The number of hydrogen-bond donors (Lipinski definition) is 1. The van der Waals surface area contributed by atoms with Crippen molar-refractivity contribution in [2.45, 2.75) is 31.2 Å². The first-order valence-electron chi connectivity index (χ1n) is 6.67. The van der Waals surface area contributed by atoms with E-state index in [2.05, 4.69) is 15.2 Å². The summed E-state index contributed by atoms with van der Waals surface area (Å²) in [6, 6.07) is 1.78. The monoisotopic (exact) mass is 308 g/mol. The lowest BCUT2D eigenvalue weighted by molar-refractivity contribution is -0.141. The topological polar surface area (TPSA) is 89.3 Å². The predicted octanol–water partition coefficient (Wildman–Crippen LogP) is 1.16. The van der Waals surface area contributed by atoms with Gasteiger partial charge in [-0.2, -0.15) is 5.10 Å². The number of thioether (sulfide) groups is 1. The molecule has 0 saturated heterocycles. The third kappa shape index (κ3) is 2.80. The number of nitrogens with zero attached hydrogens (tertiary/aromatic N) is 3. The van der Waals surface area contributed by atoms with E-state index in [0.29, 0.717) is 17.9 Å². The molecule has 1 N–H and O–H groups in total. The molecule has 0 bridgehead atoms. The number of aromatic nitrogens is 4. The van der Waals surface area contributed by atoms with Crippen molar-refractivity contribution < 1.29 is 9.53 Å². The summed E-state index contributed by atoms with van der Waals surface area (Å²) in [6.07, 6.45) is 2.54.